The van der Waals surface area contributed by atoms with Gasteiger partial charge in [0.2, 0.25) is 0 Å². The molecule has 0 spiro atoms. The van der Waals surface area contributed by atoms with E-state index < -0.39 is 0 Å². The Hall–Kier alpha value is -0.0800. The Balaban J connectivity index is 2.33. The van der Waals surface area contributed by atoms with Crippen molar-refractivity contribution in [2.45, 2.75) is 52.0 Å². The van der Waals surface area contributed by atoms with Crippen molar-refractivity contribution in [1.82, 2.24) is 0 Å². The fourth-order valence-corrected chi connectivity index (χ4v) is 1.70. The van der Waals surface area contributed by atoms with Gasteiger partial charge in [-0.1, -0.05) is 20.8 Å². The van der Waals surface area contributed by atoms with Crippen LogP contribution in [0.2, 0.25) is 0 Å². The minimum absolute atomic E-state index is 0.0362. The quantitative estimate of drug-likeness (QED) is 0.716. The Morgan fingerprint density at radius 2 is 2.08 bits per heavy atom. The van der Waals surface area contributed by atoms with Crippen molar-refractivity contribution in [2.24, 2.45) is 11.1 Å². The molecular formula is C11H23NO. The second kappa shape index (κ2) is 3.97. The molecule has 1 saturated heterocycles. The van der Waals surface area contributed by atoms with E-state index in [0.29, 0.717) is 5.41 Å². The van der Waals surface area contributed by atoms with Crippen LogP contribution in [0.5, 0.6) is 0 Å². The molecule has 1 unspecified atom stereocenters. The molecule has 0 aromatic carbocycles. The monoisotopic (exact) mass is 185 g/mol. The van der Waals surface area contributed by atoms with Gasteiger partial charge in [0, 0.05) is 12.1 Å². The van der Waals surface area contributed by atoms with E-state index in [1.807, 2.05) is 0 Å². The lowest BCUT2D eigenvalue weighted by atomic mass is 9.81. The maximum Gasteiger partial charge on any atom is 0.0646 e. The summed E-state index contributed by atoms with van der Waals surface area (Å²) in [7, 11) is 0. The first kappa shape index (κ1) is 11.0. The molecule has 0 aromatic heterocycles. The fourth-order valence-electron chi connectivity index (χ4n) is 1.70. The van der Waals surface area contributed by atoms with Crippen LogP contribution in [-0.4, -0.2) is 18.8 Å². The predicted molar refractivity (Wildman–Crippen MR) is 55.7 cm³/mol. The molecule has 1 aliphatic rings. The standard InChI is InChI=1S/C11H23NO/c1-10(2,3)6-7-11(12)5-4-8-13-9-11/h4-9,12H2,1-3H3. The minimum atomic E-state index is -0.0362. The summed E-state index contributed by atoms with van der Waals surface area (Å²) in [4.78, 5) is 0. The number of hydrogen-bond acceptors (Lipinski definition) is 2. The van der Waals surface area contributed by atoms with Crippen LogP contribution in [0.4, 0.5) is 0 Å². The van der Waals surface area contributed by atoms with E-state index in [1.54, 1.807) is 0 Å². The highest BCUT2D eigenvalue weighted by Gasteiger charge is 2.29. The predicted octanol–water partition coefficient (Wildman–Crippen LogP) is 2.32. The van der Waals surface area contributed by atoms with Gasteiger partial charge < -0.3 is 10.5 Å². The summed E-state index contributed by atoms with van der Waals surface area (Å²) in [5.41, 5.74) is 6.60. The van der Waals surface area contributed by atoms with E-state index in [4.69, 9.17) is 10.5 Å². The summed E-state index contributed by atoms with van der Waals surface area (Å²) in [5.74, 6) is 0. The number of nitrogens with two attached hydrogens (primary N) is 1. The zero-order valence-electron chi connectivity index (χ0n) is 9.23. The van der Waals surface area contributed by atoms with Crippen molar-refractivity contribution >= 4 is 0 Å². The van der Waals surface area contributed by atoms with Crippen LogP contribution in [0, 0.1) is 5.41 Å². The lowest BCUT2D eigenvalue weighted by molar-refractivity contribution is 0.0299. The maximum absolute atomic E-state index is 6.24. The highest BCUT2D eigenvalue weighted by molar-refractivity contribution is 4.87. The third-order valence-corrected chi connectivity index (χ3v) is 2.73. The van der Waals surface area contributed by atoms with E-state index in [0.717, 1.165) is 32.5 Å². The van der Waals surface area contributed by atoms with Gasteiger partial charge in [0.1, 0.15) is 0 Å². The average molecular weight is 185 g/mol. The Morgan fingerprint density at radius 1 is 1.38 bits per heavy atom. The van der Waals surface area contributed by atoms with Gasteiger partial charge >= 0.3 is 0 Å². The van der Waals surface area contributed by atoms with Crippen molar-refractivity contribution in [1.29, 1.82) is 0 Å². The topological polar surface area (TPSA) is 35.2 Å². The second-order valence-electron chi connectivity index (χ2n) is 5.58. The molecule has 2 N–H and O–H groups in total. The summed E-state index contributed by atoms with van der Waals surface area (Å²) in [6, 6.07) is 0. The first-order valence-corrected chi connectivity index (χ1v) is 5.28. The summed E-state index contributed by atoms with van der Waals surface area (Å²) in [6.07, 6.45) is 4.53. The van der Waals surface area contributed by atoms with Crippen molar-refractivity contribution in [3.8, 4) is 0 Å². The van der Waals surface area contributed by atoms with Crippen LogP contribution in [0.15, 0.2) is 0 Å². The van der Waals surface area contributed by atoms with E-state index in [9.17, 15) is 0 Å². The minimum Gasteiger partial charge on any atom is -0.380 e. The summed E-state index contributed by atoms with van der Waals surface area (Å²) in [5, 5.41) is 0. The summed E-state index contributed by atoms with van der Waals surface area (Å²) < 4.78 is 5.43. The number of rotatable bonds is 2. The summed E-state index contributed by atoms with van der Waals surface area (Å²) >= 11 is 0. The molecule has 0 amide bonds. The molecule has 0 saturated carbocycles. The molecule has 0 aromatic rings. The van der Waals surface area contributed by atoms with Crippen molar-refractivity contribution in [3.63, 3.8) is 0 Å². The number of ether oxygens (including phenoxy) is 1. The lowest BCUT2D eigenvalue weighted by Crippen LogP contribution is -2.47. The van der Waals surface area contributed by atoms with Crippen molar-refractivity contribution in [3.05, 3.63) is 0 Å². The number of hydrogen-bond donors (Lipinski definition) is 1. The van der Waals surface area contributed by atoms with Crippen LogP contribution >= 0.6 is 0 Å². The normalized spacial score (nSPS) is 30.5. The Kier molecular flexibility index (Phi) is 3.36. The molecule has 0 aliphatic carbocycles. The van der Waals surface area contributed by atoms with Crippen LogP contribution in [0.3, 0.4) is 0 Å². The molecule has 2 nitrogen and oxygen atoms in total. The van der Waals surface area contributed by atoms with Gasteiger partial charge in [-0.25, -0.2) is 0 Å². The lowest BCUT2D eigenvalue weighted by Gasteiger charge is -2.35. The SMILES string of the molecule is CC(C)(C)CCC1(N)CCCOC1. The molecule has 13 heavy (non-hydrogen) atoms. The first-order chi connectivity index (χ1) is 5.91. The van der Waals surface area contributed by atoms with E-state index >= 15 is 0 Å². The van der Waals surface area contributed by atoms with E-state index in [2.05, 4.69) is 20.8 Å². The molecule has 1 aliphatic heterocycles. The van der Waals surface area contributed by atoms with Crippen molar-refractivity contribution in [2.75, 3.05) is 13.2 Å². The highest BCUT2D eigenvalue weighted by Crippen LogP contribution is 2.28. The molecule has 1 rings (SSSR count). The molecule has 78 valence electrons. The van der Waals surface area contributed by atoms with Gasteiger partial charge in [0.25, 0.3) is 0 Å². The molecular weight excluding hydrogens is 162 g/mol. The first-order valence-electron chi connectivity index (χ1n) is 5.28. The second-order valence-corrected chi connectivity index (χ2v) is 5.58. The maximum atomic E-state index is 6.24. The Morgan fingerprint density at radius 3 is 2.54 bits per heavy atom. The Bertz CT molecular complexity index is 154. The zero-order valence-corrected chi connectivity index (χ0v) is 9.23. The molecule has 1 heterocycles. The van der Waals surface area contributed by atoms with Gasteiger partial charge in [-0.3, -0.25) is 0 Å². The molecule has 2 heteroatoms. The van der Waals surface area contributed by atoms with Gasteiger partial charge in [-0.05, 0) is 31.1 Å². The average Bonchev–Trinajstić information content (AvgIpc) is 2.02. The van der Waals surface area contributed by atoms with Crippen molar-refractivity contribution < 1.29 is 4.74 Å². The van der Waals surface area contributed by atoms with E-state index in [1.165, 1.54) is 6.42 Å². The molecule has 0 radical (unpaired) electrons. The van der Waals surface area contributed by atoms with Crippen LogP contribution in [0.25, 0.3) is 0 Å². The van der Waals surface area contributed by atoms with E-state index in [-0.39, 0.29) is 5.54 Å². The third kappa shape index (κ3) is 4.10. The third-order valence-electron chi connectivity index (χ3n) is 2.73. The Labute approximate surface area is 81.8 Å². The highest BCUT2D eigenvalue weighted by atomic mass is 16.5. The summed E-state index contributed by atoms with van der Waals surface area (Å²) in [6.45, 7) is 8.44. The molecule has 1 fully saturated rings. The zero-order chi connectivity index (χ0) is 9.95. The van der Waals surface area contributed by atoms with Crippen LogP contribution in [-0.2, 0) is 4.74 Å². The van der Waals surface area contributed by atoms with Gasteiger partial charge in [0.05, 0.1) is 6.61 Å². The van der Waals surface area contributed by atoms with Crippen LogP contribution in [0.1, 0.15) is 46.5 Å². The van der Waals surface area contributed by atoms with Gasteiger partial charge in [0.15, 0.2) is 0 Å². The molecule has 0 bridgehead atoms. The fraction of sp³-hybridized carbons (Fsp3) is 1.00. The molecule has 1 atom stereocenters. The van der Waals surface area contributed by atoms with Gasteiger partial charge in [-0.15, -0.1) is 0 Å². The largest absolute Gasteiger partial charge is 0.380 e. The van der Waals surface area contributed by atoms with Gasteiger partial charge in [-0.2, -0.15) is 0 Å². The van der Waals surface area contributed by atoms with Crippen LogP contribution < -0.4 is 5.73 Å². The smallest absolute Gasteiger partial charge is 0.0646 e.